The molecule has 1 aromatic carbocycles. The van der Waals surface area contributed by atoms with E-state index in [1.165, 1.54) is 18.1 Å². The lowest BCUT2D eigenvalue weighted by molar-refractivity contribution is -0.145. The molecule has 0 aliphatic rings. The number of amides is 1. The monoisotopic (exact) mass is 348 g/mol. The maximum atomic E-state index is 13.4. The van der Waals surface area contributed by atoms with Crippen molar-refractivity contribution in [1.29, 1.82) is 0 Å². The van der Waals surface area contributed by atoms with Gasteiger partial charge in [-0.2, -0.15) is 0 Å². The molecule has 132 valence electrons. The number of benzene rings is 1. The molecule has 1 unspecified atom stereocenters. The van der Waals surface area contributed by atoms with E-state index in [2.05, 4.69) is 9.72 Å². The van der Waals surface area contributed by atoms with Crippen molar-refractivity contribution in [2.24, 2.45) is 5.92 Å². The van der Waals surface area contributed by atoms with Crippen LogP contribution in [0.3, 0.4) is 0 Å². The van der Waals surface area contributed by atoms with Crippen molar-refractivity contribution < 1.29 is 23.1 Å². The third kappa shape index (κ3) is 4.82. The molecule has 5 nitrogen and oxygen atoms in total. The highest BCUT2D eigenvalue weighted by Crippen LogP contribution is 2.15. The number of ether oxygens (including phenoxy) is 1. The van der Waals surface area contributed by atoms with Crippen LogP contribution in [0.4, 0.5) is 8.78 Å². The first-order valence-corrected chi connectivity index (χ1v) is 7.63. The Bertz CT molecular complexity index is 753. The van der Waals surface area contributed by atoms with Crippen molar-refractivity contribution >= 4 is 11.9 Å². The quantitative estimate of drug-likeness (QED) is 0.753. The molecule has 0 radical (unpaired) electrons. The van der Waals surface area contributed by atoms with Gasteiger partial charge in [-0.1, -0.05) is 13.0 Å². The highest BCUT2D eigenvalue weighted by molar-refractivity contribution is 5.94. The lowest BCUT2D eigenvalue weighted by Crippen LogP contribution is -2.37. The lowest BCUT2D eigenvalue weighted by atomic mass is 10.1. The number of halogens is 2. The topological polar surface area (TPSA) is 59.5 Å². The van der Waals surface area contributed by atoms with Crippen molar-refractivity contribution in [2.45, 2.75) is 13.5 Å². The summed E-state index contributed by atoms with van der Waals surface area (Å²) in [5.74, 6) is -3.69. The van der Waals surface area contributed by atoms with Gasteiger partial charge in [0.1, 0.15) is 0 Å². The maximum Gasteiger partial charge on any atom is 0.310 e. The van der Waals surface area contributed by atoms with E-state index in [4.69, 9.17) is 0 Å². The predicted molar refractivity (Wildman–Crippen MR) is 86.5 cm³/mol. The van der Waals surface area contributed by atoms with Crippen LogP contribution in [0.15, 0.2) is 42.7 Å². The Morgan fingerprint density at radius 3 is 2.60 bits per heavy atom. The summed E-state index contributed by atoms with van der Waals surface area (Å²) < 4.78 is 31.2. The van der Waals surface area contributed by atoms with Crippen LogP contribution in [0.2, 0.25) is 0 Å². The van der Waals surface area contributed by atoms with Gasteiger partial charge < -0.3 is 9.64 Å². The van der Waals surface area contributed by atoms with E-state index in [9.17, 15) is 18.4 Å². The predicted octanol–water partition coefficient (Wildman–Crippen LogP) is 2.81. The molecule has 25 heavy (non-hydrogen) atoms. The molecule has 0 aliphatic heterocycles. The summed E-state index contributed by atoms with van der Waals surface area (Å²) in [5, 5.41) is 0. The molecule has 7 heteroatoms. The summed E-state index contributed by atoms with van der Waals surface area (Å²) in [4.78, 5) is 29.8. The smallest absolute Gasteiger partial charge is 0.310 e. The lowest BCUT2D eigenvalue weighted by Gasteiger charge is -2.25. The summed E-state index contributed by atoms with van der Waals surface area (Å²) in [5.41, 5.74) is 0.746. The second kappa shape index (κ2) is 8.32. The first-order valence-electron chi connectivity index (χ1n) is 7.63. The number of pyridine rings is 1. The molecule has 0 spiro atoms. The van der Waals surface area contributed by atoms with Crippen molar-refractivity contribution in [3.63, 3.8) is 0 Å². The van der Waals surface area contributed by atoms with Crippen molar-refractivity contribution in [1.82, 2.24) is 9.88 Å². The zero-order valence-electron chi connectivity index (χ0n) is 13.9. The highest BCUT2D eigenvalue weighted by atomic mass is 19.2. The Kier molecular flexibility index (Phi) is 6.16. The Morgan fingerprint density at radius 2 is 2.00 bits per heavy atom. The number of methoxy groups -OCH3 is 1. The zero-order valence-corrected chi connectivity index (χ0v) is 13.9. The molecule has 0 fully saturated rings. The molecule has 1 heterocycles. The van der Waals surface area contributed by atoms with E-state index in [-0.39, 0.29) is 18.7 Å². The van der Waals surface area contributed by atoms with Crippen LogP contribution in [0, 0.1) is 17.6 Å². The summed E-state index contributed by atoms with van der Waals surface area (Å²) in [7, 11) is 1.27. The number of hydrogen-bond donors (Lipinski definition) is 0. The van der Waals surface area contributed by atoms with Gasteiger partial charge in [0.05, 0.1) is 13.0 Å². The number of aromatic nitrogens is 1. The van der Waals surface area contributed by atoms with Crippen molar-refractivity contribution in [3.8, 4) is 0 Å². The Morgan fingerprint density at radius 1 is 1.24 bits per heavy atom. The third-order valence-electron chi connectivity index (χ3n) is 3.65. The SMILES string of the molecule is COC(=O)C(C)CN(Cc1cccnc1)C(=O)c1ccc(F)c(F)c1. The number of carbonyl (C=O) groups excluding carboxylic acids is 2. The highest BCUT2D eigenvalue weighted by Gasteiger charge is 2.23. The van der Waals surface area contributed by atoms with Gasteiger partial charge in [0, 0.05) is 31.0 Å². The zero-order chi connectivity index (χ0) is 18.4. The number of esters is 1. The Hall–Kier alpha value is -2.83. The number of rotatable bonds is 6. The molecular weight excluding hydrogens is 330 g/mol. The summed E-state index contributed by atoms with van der Waals surface area (Å²) >= 11 is 0. The van der Waals surface area contributed by atoms with E-state index in [0.717, 1.165) is 17.7 Å². The molecule has 2 aromatic rings. The van der Waals surface area contributed by atoms with Gasteiger partial charge in [-0.25, -0.2) is 8.78 Å². The fourth-order valence-corrected chi connectivity index (χ4v) is 2.35. The van der Waals surface area contributed by atoms with Crippen LogP contribution in [0.25, 0.3) is 0 Å². The minimum atomic E-state index is -1.10. The molecule has 0 saturated heterocycles. The van der Waals surface area contributed by atoms with E-state index < -0.39 is 29.4 Å². The fourth-order valence-electron chi connectivity index (χ4n) is 2.35. The number of hydrogen-bond acceptors (Lipinski definition) is 4. The standard InChI is InChI=1S/C18H18F2N2O3/c1-12(18(24)25-2)10-22(11-13-4-3-7-21-9-13)17(23)14-5-6-15(19)16(20)8-14/h3-9,12H,10-11H2,1-2H3. The van der Waals surface area contributed by atoms with Crippen LogP contribution in [0.1, 0.15) is 22.8 Å². The van der Waals surface area contributed by atoms with Gasteiger partial charge in [0.15, 0.2) is 11.6 Å². The first kappa shape index (κ1) is 18.5. The Balaban J connectivity index is 2.27. The average Bonchev–Trinajstić information content (AvgIpc) is 2.62. The third-order valence-corrected chi connectivity index (χ3v) is 3.65. The van der Waals surface area contributed by atoms with E-state index in [0.29, 0.717) is 0 Å². The summed E-state index contributed by atoms with van der Waals surface area (Å²) in [6.07, 6.45) is 3.19. The molecule has 0 bridgehead atoms. The Labute approximate surface area is 144 Å². The van der Waals surface area contributed by atoms with Crippen LogP contribution in [-0.4, -0.2) is 35.4 Å². The second-order valence-corrected chi connectivity index (χ2v) is 5.60. The maximum absolute atomic E-state index is 13.4. The van der Waals surface area contributed by atoms with E-state index >= 15 is 0 Å². The molecule has 1 aromatic heterocycles. The second-order valence-electron chi connectivity index (χ2n) is 5.60. The number of carbonyl (C=O) groups is 2. The van der Waals surface area contributed by atoms with Gasteiger partial charge in [0.2, 0.25) is 0 Å². The van der Waals surface area contributed by atoms with E-state index in [1.54, 1.807) is 31.5 Å². The van der Waals surface area contributed by atoms with Crippen LogP contribution >= 0.6 is 0 Å². The average molecular weight is 348 g/mol. The summed E-state index contributed by atoms with van der Waals surface area (Å²) in [6.45, 7) is 1.87. The molecular formula is C18H18F2N2O3. The van der Waals surface area contributed by atoms with Gasteiger partial charge in [-0.15, -0.1) is 0 Å². The molecule has 1 amide bonds. The van der Waals surface area contributed by atoms with E-state index in [1.807, 2.05) is 0 Å². The minimum absolute atomic E-state index is 0.000133. The van der Waals surface area contributed by atoms with Gasteiger partial charge >= 0.3 is 5.97 Å². The minimum Gasteiger partial charge on any atom is -0.469 e. The van der Waals surface area contributed by atoms with Gasteiger partial charge in [0.25, 0.3) is 5.91 Å². The van der Waals surface area contributed by atoms with Crippen LogP contribution in [-0.2, 0) is 16.1 Å². The fraction of sp³-hybridized carbons (Fsp3) is 0.278. The van der Waals surface area contributed by atoms with Gasteiger partial charge in [-0.3, -0.25) is 14.6 Å². The van der Waals surface area contributed by atoms with Crippen molar-refractivity contribution in [2.75, 3.05) is 13.7 Å². The van der Waals surface area contributed by atoms with Gasteiger partial charge in [-0.05, 0) is 29.8 Å². The molecule has 0 N–H and O–H groups in total. The van der Waals surface area contributed by atoms with Crippen molar-refractivity contribution in [3.05, 3.63) is 65.5 Å². The number of nitrogens with zero attached hydrogens (tertiary/aromatic N) is 2. The molecule has 2 rings (SSSR count). The normalized spacial score (nSPS) is 11.7. The van der Waals surface area contributed by atoms with Crippen LogP contribution < -0.4 is 0 Å². The molecule has 0 saturated carbocycles. The molecule has 1 atom stereocenters. The molecule has 0 aliphatic carbocycles. The largest absolute Gasteiger partial charge is 0.469 e. The van der Waals surface area contributed by atoms with Crippen LogP contribution in [0.5, 0.6) is 0 Å². The summed E-state index contributed by atoms with van der Waals surface area (Å²) in [6, 6.07) is 6.45. The first-order chi connectivity index (χ1) is 11.9.